The fourth-order valence-electron chi connectivity index (χ4n) is 11.9. The molecule has 0 radical (unpaired) electrons. The number of hydrogen-bond donors (Lipinski definition) is 0. The number of rotatable bonds is 3. The summed E-state index contributed by atoms with van der Waals surface area (Å²) in [5.41, 5.74) is 16.6. The van der Waals surface area contributed by atoms with Crippen molar-refractivity contribution in [3.8, 4) is 40.6 Å². The first-order valence-corrected chi connectivity index (χ1v) is 23.7. The van der Waals surface area contributed by atoms with Crippen molar-refractivity contribution < 1.29 is 0 Å². The molecule has 13 aromatic rings. The van der Waals surface area contributed by atoms with Crippen LogP contribution in [0.25, 0.3) is 93.9 Å². The predicted molar refractivity (Wildman–Crippen MR) is 276 cm³/mol. The van der Waals surface area contributed by atoms with Gasteiger partial charge in [-0.25, -0.2) is 0 Å². The highest BCUT2D eigenvalue weighted by Gasteiger charge is 2.52. The maximum atomic E-state index is 9.91. The van der Waals surface area contributed by atoms with Crippen LogP contribution in [-0.4, -0.2) is 23.7 Å². The Morgan fingerprint density at radius 1 is 0.362 bits per heavy atom. The van der Waals surface area contributed by atoms with Crippen molar-refractivity contribution in [2.45, 2.75) is 15.2 Å². The van der Waals surface area contributed by atoms with E-state index in [1.165, 1.54) is 20.9 Å². The van der Waals surface area contributed by atoms with Crippen LogP contribution in [-0.2, 0) is 5.41 Å². The lowest BCUT2D eigenvalue weighted by atomic mass is 9.67. The van der Waals surface area contributed by atoms with Gasteiger partial charge in [-0.1, -0.05) is 78.5 Å². The number of hydrogen-bond acceptors (Lipinski definition) is 5. The maximum Gasteiger partial charge on any atom is 0.0991 e. The Kier molecular flexibility index (Phi) is 7.65. The Balaban J connectivity index is 0.981. The molecular formula is C61H33N7S. The van der Waals surface area contributed by atoms with Crippen LogP contribution in [0.2, 0.25) is 0 Å². The third kappa shape index (κ3) is 5.00. The summed E-state index contributed by atoms with van der Waals surface area (Å²) in [6.45, 7) is 0. The maximum absolute atomic E-state index is 9.91. The molecule has 1 aliphatic carbocycles. The molecule has 1 aliphatic heterocycles. The van der Waals surface area contributed by atoms with Gasteiger partial charge in [0.2, 0.25) is 0 Å². The molecule has 6 heterocycles. The summed E-state index contributed by atoms with van der Waals surface area (Å²) in [6.07, 6.45) is 3.76. The minimum absolute atomic E-state index is 0.639. The summed E-state index contributed by atoms with van der Waals surface area (Å²) in [4.78, 5) is 12.5. The summed E-state index contributed by atoms with van der Waals surface area (Å²) in [5.74, 6) is 0. The van der Waals surface area contributed by atoms with Gasteiger partial charge in [0.05, 0.1) is 73.2 Å². The molecule has 318 valence electrons. The van der Waals surface area contributed by atoms with Crippen LogP contribution >= 0.6 is 11.8 Å². The van der Waals surface area contributed by atoms with Gasteiger partial charge in [0, 0.05) is 71.6 Å². The summed E-state index contributed by atoms with van der Waals surface area (Å²) in [6, 6.07) is 71.6. The Bertz CT molecular complexity index is 4470. The average Bonchev–Trinajstić information content (AvgIpc) is 4.12. The number of para-hydroxylation sites is 3. The standard InChI is InChI=1S/C61H33N7S/c62-34-36-17-22-54-44(29-36)41-9-1-4-14-51(41)66(54)38-19-24-56-46(31-38)43-11-3-6-16-53(43)68(56)40-21-26-58-50(33-40)61(47-12-7-27-64-59(47)60-48(61)13-8-28-65-60)49-32-39(20-25-57(49)69-58)67-52-15-5-2-10-42(52)45-30-37(35-63)18-23-55(45)67/h1-33H. The van der Waals surface area contributed by atoms with E-state index in [-0.39, 0.29) is 0 Å². The molecule has 0 N–H and O–H groups in total. The third-order valence-electron chi connectivity index (χ3n) is 14.6. The molecule has 0 fully saturated rings. The zero-order valence-electron chi connectivity index (χ0n) is 36.6. The van der Waals surface area contributed by atoms with Gasteiger partial charge in [0.25, 0.3) is 0 Å². The van der Waals surface area contributed by atoms with Crippen molar-refractivity contribution in [1.29, 1.82) is 10.5 Å². The average molecular weight is 896 g/mol. The van der Waals surface area contributed by atoms with Crippen molar-refractivity contribution in [3.63, 3.8) is 0 Å². The molecule has 0 saturated heterocycles. The van der Waals surface area contributed by atoms with Gasteiger partial charge in [-0.2, -0.15) is 10.5 Å². The topological polar surface area (TPSA) is 88.1 Å². The van der Waals surface area contributed by atoms with E-state index in [1.54, 1.807) is 0 Å². The first-order valence-electron chi connectivity index (χ1n) is 22.9. The van der Waals surface area contributed by atoms with Crippen LogP contribution < -0.4 is 0 Å². The summed E-state index contributed by atoms with van der Waals surface area (Å²) < 4.78 is 7.08. The van der Waals surface area contributed by atoms with Gasteiger partial charge in [-0.3, -0.25) is 9.97 Å². The molecule has 0 unspecified atom stereocenters. The first-order chi connectivity index (χ1) is 34.1. The van der Waals surface area contributed by atoms with Gasteiger partial charge < -0.3 is 13.7 Å². The van der Waals surface area contributed by atoms with Gasteiger partial charge in [-0.15, -0.1) is 0 Å². The SMILES string of the molecule is N#Cc1ccc2c(c1)c1ccccc1n2-c1ccc2c(c1)C1(c3cc(-n4c5ccccc5c5cc(-n6c7ccccc7c7cc(C#N)ccc76)ccc54)ccc3S2)c2cccnc2-c2ncccc21. The zero-order valence-corrected chi connectivity index (χ0v) is 37.4. The Morgan fingerprint density at radius 2 is 0.754 bits per heavy atom. The largest absolute Gasteiger partial charge is 0.309 e. The number of nitrogens with zero attached hydrogens (tertiary/aromatic N) is 7. The second kappa shape index (κ2) is 13.9. The highest BCUT2D eigenvalue weighted by molar-refractivity contribution is 7.99. The number of nitriles is 2. The van der Waals surface area contributed by atoms with Crippen LogP contribution in [0.3, 0.4) is 0 Å². The summed E-state index contributed by atoms with van der Waals surface area (Å²) in [5, 5.41) is 26.4. The Labute approximate surface area is 399 Å². The molecule has 5 aromatic heterocycles. The molecule has 2 aliphatic rings. The molecule has 69 heavy (non-hydrogen) atoms. The van der Waals surface area contributed by atoms with E-state index in [2.05, 4.69) is 190 Å². The molecule has 0 bridgehead atoms. The molecule has 15 rings (SSSR count). The normalized spacial score (nSPS) is 13.2. The quantitative estimate of drug-likeness (QED) is 0.176. The fourth-order valence-corrected chi connectivity index (χ4v) is 13.0. The van der Waals surface area contributed by atoms with Crippen molar-refractivity contribution in [2.24, 2.45) is 0 Å². The predicted octanol–water partition coefficient (Wildman–Crippen LogP) is 14.3. The van der Waals surface area contributed by atoms with Gasteiger partial charge >= 0.3 is 0 Å². The summed E-state index contributed by atoms with van der Waals surface area (Å²) in [7, 11) is 0. The summed E-state index contributed by atoms with van der Waals surface area (Å²) >= 11 is 1.81. The van der Waals surface area contributed by atoms with E-state index in [0.717, 1.165) is 105 Å². The number of pyridine rings is 2. The van der Waals surface area contributed by atoms with Crippen LogP contribution in [0.5, 0.6) is 0 Å². The van der Waals surface area contributed by atoms with E-state index in [4.69, 9.17) is 9.97 Å². The highest BCUT2D eigenvalue weighted by Crippen LogP contribution is 2.62. The highest BCUT2D eigenvalue weighted by atomic mass is 32.2. The van der Waals surface area contributed by atoms with E-state index in [0.29, 0.717) is 11.1 Å². The molecule has 0 amide bonds. The molecular weight excluding hydrogens is 863 g/mol. The molecule has 8 heteroatoms. The van der Waals surface area contributed by atoms with E-state index in [1.807, 2.05) is 48.4 Å². The molecule has 8 aromatic carbocycles. The number of fused-ring (bicyclic) bond motifs is 18. The fraction of sp³-hybridized carbons (Fsp3) is 0.0164. The molecule has 7 nitrogen and oxygen atoms in total. The first kappa shape index (κ1) is 38.0. The van der Waals surface area contributed by atoms with Crippen LogP contribution in [0.4, 0.5) is 0 Å². The van der Waals surface area contributed by atoms with Crippen molar-refractivity contribution in [3.05, 3.63) is 234 Å². The number of aromatic nitrogens is 5. The van der Waals surface area contributed by atoms with Crippen LogP contribution in [0, 0.1) is 22.7 Å². The second-order valence-electron chi connectivity index (χ2n) is 18.0. The van der Waals surface area contributed by atoms with Gasteiger partial charge in [0.15, 0.2) is 0 Å². The second-order valence-corrected chi connectivity index (χ2v) is 19.0. The van der Waals surface area contributed by atoms with Crippen molar-refractivity contribution in [1.82, 2.24) is 23.7 Å². The Hall–Kier alpha value is -9.21. The van der Waals surface area contributed by atoms with E-state index in [9.17, 15) is 10.5 Å². The molecule has 1 spiro atoms. The Morgan fingerprint density at radius 3 is 1.22 bits per heavy atom. The van der Waals surface area contributed by atoms with E-state index < -0.39 is 5.41 Å². The molecule has 0 saturated carbocycles. The van der Waals surface area contributed by atoms with Gasteiger partial charge in [-0.05, 0) is 144 Å². The minimum Gasteiger partial charge on any atom is -0.309 e. The van der Waals surface area contributed by atoms with Crippen molar-refractivity contribution >= 4 is 77.2 Å². The van der Waals surface area contributed by atoms with E-state index >= 15 is 0 Å². The van der Waals surface area contributed by atoms with Crippen LogP contribution in [0.15, 0.2) is 210 Å². The minimum atomic E-state index is -0.754. The number of benzene rings is 8. The lowest BCUT2D eigenvalue weighted by Crippen LogP contribution is -2.32. The smallest absolute Gasteiger partial charge is 0.0991 e. The van der Waals surface area contributed by atoms with Gasteiger partial charge in [0.1, 0.15) is 0 Å². The molecule has 0 atom stereocenters. The monoisotopic (exact) mass is 895 g/mol. The lowest BCUT2D eigenvalue weighted by molar-refractivity contribution is 0.717. The zero-order chi connectivity index (χ0) is 45.5. The lowest BCUT2D eigenvalue weighted by Gasteiger charge is -2.39. The third-order valence-corrected chi connectivity index (χ3v) is 15.8. The van der Waals surface area contributed by atoms with Crippen molar-refractivity contribution in [2.75, 3.05) is 0 Å². The van der Waals surface area contributed by atoms with Crippen LogP contribution in [0.1, 0.15) is 33.4 Å².